The smallest absolute Gasteiger partial charge is 0.159 e. The number of benzene rings is 17. The van der Waals surface area contributed by atoms with Crippen LogP contribution < -0.4 is 20.4 Å². The molecule has 0 aliphatic heterocycles. The van der Waals surface area contributed by atoms with Crippen molar-refractivity contribution in [1.29, 1.82) is 0 Å². The largest absolute Gasteiger partial charge is 0.454 e. The fourth-order valence-corrected chi connectivity index (χ4v) is 26.5. The number of furan rings is 2. The molecule has 4 fully saturated rings. The van der Waals surface area contributed by atoms with Crippen LogP contribution in [-0.2, 0) is 38.9 Å². The molecule has 26 rings (SSSR count). The normalized spacial score (nSPS) is 18.4. The quantitative estimate of drug-likeness (QED) is 0.102. The number of hydrogen-bond acceptors (Lipinski definition) is 4. The first kappa shape index (κ1) is 84.7. The van der Waals surface area contributed by atoms with Crippen molar-refractivity contribution >= 4 is 94.7 Å². The van der Waals surface area contributed by atoms with Crippen LogP contribution >= 0.6 is 0 Å². The fraction of sp³-hybridized carbons (Fsp3) is 0.233. The van der Waals surface area contributed by atoms with E-state index in [-0.39, 0.29) is 38.4 Å². The molecule has 4 saturated carbocycles. The molecule has 7 aliphatic carbocycles. The highest BCUT2D eigenvalue weighted by molar-refractivity contribution is 6.15. The topological polar surface area (TPSA) is 32.8 Å². The lowest BCUT2D eigenvalue weighted by Gasteiger charge is -2.44. The third-order valence-corrected chi connectivity index (χ3v) is 33.1. The van der Waals surface area contributed by atoms with Crippen molar-refractivity contribution in [3.8, 4) is 89.0 Å². The summed E-state index contributed by atoms with van der Waals surface area (Å²) < 4.78 is 14.5. The van der Waals surface area contributed by atoms with Crippen LogP contribution in [0.2, 0.25) is 0 Å². The molecule has 0 radical (unpaired) electrons. The molecule has 17 aromatic carbocycles. The molecule has 137 heavy (non-hydrogen) atoms. The third-order valence-electron chi connectivity index (χ3n) is 33.1. The molecule has 4 bridgehead atoms. The molecule has 0 saturated heterocycles. The van der Waals surface area contributed by atoms with Gasteiger partial charge >= 0.3 is 0 Å². The lowest BCUT2D eigenvalue weighted by atomic mass is 9.59. The molecule has 4 heteroatoms. The summed E-state index contributed by atoms with van der Waals surface area (Å²) in [6.45, 7) is 33.5. The monoisotopic (exact) mass is 1770 g/mol. The Bertz CT molecular complexity index is 8330. The molecule has 6 unspecified atom stereocenters. The van der Waals surface area contributed by atoms with E-state index in [0.717, 1.165) is 119 Å². The van der Waals surface area contributed by atoms with Crippen molar-refractivity contribution < 1.29 is 8.83 Å². The van der Waals surface area contributed by atoms with Gasteiger partial charge in [0.15, 0.2) is 11.0 Å². The summed E-state index contributed by atoms with van der Waals surface area (Å²) in [6.07, 6.45) is 9.53. The molecule has 7 aliphatic rings. The minimum atomic E-state index is -0.335. The molecule has 0 N–H and O–H groups in total. The minimum Gasteiger partial charge on any atom is -0.454 e. The first-order valence-electron chi connectivity index (χ1n) is 50.2. The highest BCUT2D eigenvalue weighted by Gasteiger charge is 2.66. The van der Waals surface area contributed by atoms with E-state index >= 15 is 0 Å². The summed E-state index contributed by atoms with van der Waals surface area (Å²) in [4.78, 5) is 5.17. The van der Waals surface area contributed by atoms with Crippen molar-refractivity contribution in [3.05, 3.63) is 413 Å². The van der Waals surface area contributed by atoms with Crippen molar-refractivity contribution in [2.75, 3.05) is 9.80 Å². The van der Waals surface area contributed by atoms with E-state index in [2.05, 4.69) is 465 Å². The SMILES string of the molecule is CC1CC=c2c(oc3ccccc23)=C1N(c1ccccc1-c1cccc2c1-c1ccc(CC(C)(C)c3cc(-c4cccc5cccc(-c6ccccc6N(c6ccccc6-c6ccc7c(c6)C6(c8ccccc8-7)C7CC8CC(C7)C6C8)c6cccc7c6oc6ccccc67)c45)cc(C(C)(C)C)c3)cc1C2(C)C)c1ccccc1-c1cccc2cccc(-c3cc(C(C)(C)C)cc(C(C)(C)C)c3)c12. The standard InChI is InChI=1S/C133H118N2O2/c1-80-61-64-108-103-45-21-28-60-121(103)137-127(108)125(80)135(117-56-25-18-42-100(117)105-49-32-38-83-35-29-46-95(122(83)105)86-71-89(128(2,3)4)77-90(72-86)129(5,6)7)118-57-26-19-43-101(118)106-50-33-53-111-124(106)109-65-62-81(69-113(109)132(111,13)14)79-131(11,12)92-74-87(73-91(78-92)130(8,9)10)96-47-30-36-84-37-31-48-104(123(84)96)99-41-17-24-55-116(99)134(119-58-34-51-107-102-44-20-27-59-120(102)136-126(107)119)115-54-23-16-39-94(115)85-63-66-98-97-40-15-22-52-110(97)133(114(98)76-85)93-68-82-67-88(75-93)112(133)70-82/h15-60,62-66,69,71-74,76-78,80,82,88,93,112H,61,67-68,70,75,79H2,1-14H3. The lowest BCUT2D eigenvalue weighted by Crippen LogP contribution is -2.40. The molecule has 6 atom stereocenters. The van der Waals surface area contributed by atoms with Gasteiger partial charge in [0.2, 0.25) is 0 Å². The Hall–Kier alpha value is -14.1. The Balaban J connectivity index is 0.601. The molecule has 672 valence electrons. The second kappa shape index (κ2) is 31.2. The van der Waals surface area contributed by atoms with Gasteiger partial charge in [-0.05, 0) is 271 Å². The molecule has 1 spiro atoms. The second-order valence-electron chi connectivity index (χ2n) is 45.2. The summed E-state index contributed by atoms with van der Waals surface area (Å²) >= 11 is 0. The molecule has 2 aromatic heterocycles. The van der Waals surface area contributed by atoms with Gasteiger partial charge < -0.3 is 18.6 Å². The average Bonchev–Trinajstić information content (AvgIpc) is 1.50. The van der Waals surface area contributed by atoms with E-state index in [1.165, 1.54) is 158 Å². The van der Waals surface area contributed by atoms with Gasteiger partial charge in [0.05, 0.1) is 34.1 Å². The van der Waals surface area contributed by atoms with Crippen molar-refractivity contribution in [2.24, 2.45) is 29.6 Å². The number of para-hydroxylation sites is 7. The molecule has 0 amide bonds. The van der Waals surface area contributed by atoms with Crippen LogP contribution in [-0.4, -0.2) is 0 Å². The van der Waals surface area contributed by atoms with Crippen LogP contribution in [0.25, 0.3) is 155 Å². The Morgan fingerprint density at radius 2 is 0.803 bits per heavy atom. The van der Waals surface area contributed by atoms with E-state index in [1.54, 1.807) is 11.1 Å². The van der Waals surface area contributed by atoms with Crippen molar-refractivity contribution in [2.45, 2.75) is 168 Å². The highest BCUT2D eigenvalue weighted by atomic mass is 16.3. The lowest BCUT2D eigenvalue weighted by molar-refractivity contribution is 0.191. The van der Waals surface area contributed by atoms with Gasteiger partial charge in [0.1, 0.15) is 11.2 Å². The van der Waals surface area contributed by atoms with Crippen LogP contribution in [0.5, 0.6) is 0 Å². The van der Waals surface area contributed by atoms with E-state index < -0.39 is 0 Å². The first-order valence-corrected chi connectivity index (χ1v) is 50.2. The predicted molar refractivity (Wildman–Crippen MR) is 577 cm³/mol. The van der Waals surface area contributed by atoms with Gasteiger partial charge in [-0.15, -0.1) is 0 Å². The van der Waals surface area contributed by atoms with E-state index in [1.807, 2.05) is 0 Å². The van der Waals surface area contributed by atoms with Crippen LogP contribution in [0.4, 0.5) is 28.4 Å². The van der Waals surface area contributed by atoms with E-state index in [9.17, 15) is 0 Å². The maximum absolute atomic E-state index is 7.30. The molecule has 2 heterocycles. The number of hydrogen-bond donors (Lipinski definition) is 0. The number of anilines is 5. The summed E-state index contributed by atoms with van der Waals surface area (Å²) in [5.41, 5.74) is 41.4. The Morgan fingerprint density at radius 1 is 0.336 bits per heavy atom. The Labute approximate surface area is 806 Å². The van der Waals surface area contributed by atoms with Gasteiger partial charge in [0, 0.05) is 60.4 Å². The van der Waals surface area contributed by atoms with Crippen molar-refractivity contribution in [3.63, 3.8) is 0 Å². The fourth-order valence-electron chi connectivity index (χ4n) is 26.5. The van der Waals surface area contributed by atoms with Gasteiger partial charge in [-0.3, -0.25) is 0 Å². The molecule has 19 aromatic rings. The average molecular weight is 1780 g/mol. The zero-order valence-corrected chi connectivity index (χ0v) is 81.4. The van der Waals surface area contributed by atoms with Crippen LogP contribution in [0.15, 0.2) is 361 Å². The first-order chi connectivity index (χ1) is 66.2. The van der Waals surface area contributed by atoms with E-state index in [0.29, 0.717) is 11.8 Å². The second-order valence-corrected chi connectivity index (χ2v) is 45.2. The highest BCUT2D eigenvalue weighted by Crippen LogP contribution is 2.73. The summed E-state index contributed by atoms with van der Waals surface area (Å²) in [6, 6.07) is 135. The van der Waals surface area contributed by atoms with E-state index in [4.69, 9.17) is 8.83 Å². The third kappa shape index (κ3) is 13.3. The van der Waals surface area contributed by atoms with Gasteiger partial charge in [-0.1, -0.05) is 406 Å². The minimum absolute atomic E-state index is 0.0380. The summed E-state index contributed by atoms with van der Waals surface area (Å²) in [5.74, 6) is 3.08. The number of rotatable bonds is 15. The Kier molecular flexibility index (Phi) is 19.3. The zero-order chi connectivity index (χ0) is 93.2. The van der Waals surface area contributed by atoms with Gasteiger partial charge in [-0.25, -0.2) is 0 Å². The van der Waals surface area contributed by atoms with Crippen LogP contribution in [0.1, 0.15) is 179 Å². The van der Waals surface area contributed by atoms with Crippen LogP contribution in [0, 0.1) is 29.6 Å². The predicted octanol–water partition coefficient (Wildman–Crippen LogP) is 34.9. The maximum atomic E-state index is 7.30. The molecule has 4 nitrogen and oxygen atoms in total. The Morgan fingerprint density at radius 3 is 1.42 bits per heavy atom. The maximum Gasteiger partial charge on any atom is 0.159 e. The van der Waals surface area contributed by atoms with Crippen molar-refractivity contribution in [1.82, 2.24) is 0 Å². The number of fused-ring (bicyclic) bond motifs is 14. The number of nitrogens with zero attached hydrogens (tertiary/aromatic N) is 2. The summed E-state index contributed by atoms with van der Waals surface area (Å²) in [7, 11) is 0. The zero-order valence-electron chi connectivity index (χ0n) is 81.4. The molecular formula is C133H118N2O2. The van der Waals surface area contributed by atoms with Gasteiger partial charge in [-0.2, -0.15) is 0 Å². The van der Waals surface area contributed by atoms with Crippen LogP contribution in [0.3, 0.4) is 0 Å². The molecular weight excluding hydrogens is 1660 g/mol. The summed E-state index contributed by atoms with van der Waals surface area (Å²) in [5, 5.41) is 9.36. The van der Waals surface area contributed by atoms with Gasteiger partial charge in [0.25, 0.3) is 0 Å².